The minimum Gasteiger partial charge on any atom is -0.354 e. The number of hydrogen-bond acceptors (Lipinski definition) is 5. The van der Waals surface area contributed by atoms with E-state index < -0.39 is 0 Å². The smallest absolute Gasteiger partial charge is 0.253 e. The van der Waals surface area contributed by atoms with Crippen LogP contribution < -0.4 is 4.90 Å². The molecular weight excluding hydrogens is 467 g/mol. The maximum absolute atomic E-state index is 13.6. The minimum atomic E-state index is -0.288. The van der Waals surface area contributed by atoms with Crippen molar-refractivity contribution in [2.45, 2.75) is 46.0 Å². The van der Waals surface area contributed by atoms with E-state index in [0.29, 0.717) is 25.2 Å². The minimum absolute atomic E-state index is 0.0628. The zero-order chi connectivity index (χ0) is 25.9. The molecule has 0 aliphatic carbocycles. The summed E-state index contributed by atoms with van der Waals surface area (Å²) in [5.41, 5.74) is 3.03. The molecule has 0 radical (unpaired) electrons. The molecule has 8 heteroatoms. The van der Waals surface area contributed by atoms with Crippen molar-refractivity contribution in [1.82, 2.24) is 24.6 Å². The van der Waals surface area contributed by atoms with Gasteiger partial charge in [-0.05, 0) is 56.2 Å². The normalized spacial score (nSPS) is 15.1. The first-order valence-corrected chi connectivity index (χ1v) is 13.1. The van der Waals surface area contributed by atoms with Gasteiger partial charge in [-0.3, -0.25) is 4.79 Å². The van der Waals surface area contributed by atoms with Crippen LogP contribution in [-0.4, -0.2) is 56.7 Å². The van der Waals surface area contributed by atoms with Crippen molar-refractivity contribution in [2.75, 3.05) is 31.1 Å². The fourth-order valence-electron chi connectivity index (χ4n) is 5.05. The second kappa shape index (κ2) is 10.7. The Morgan fingerprint density at radius 3 is 2.49 bits per heavy atom. The number of aromatic nitrogens is 4. The van der Waals surface area contributed by atoms with Crippen LogP contribution in [0.1, 0.15) is 60.9 Å². The molecule has 3 heterocycles. The molecule has 2 aromatic carbocycles. The number of fused-ring (bicyclic) bond motifs is 1. The lowest BCUT2D eigenvalue weighted by atomic mass is 10.1. The highest BCUT2D eigenvalue weighted by Gasteiger charge is 2.26. The van der Waals surface area contributed by atoms with E-state index in [0.717, 1.165) is 59.9 Å². The average molecular weight is 501 g/mol. The van der Waals surface area contributed by atoms with E-state index in [-0.39, 0.29) is 17.6 Å². The van der Waals surface area contributed by atoms with Gasteiger partial charge in [0, 0.05) is 37.7 Å². The van der Waals surface area contributed by atoms with Crippen LogP contribution in [0.25, 0.3) is 16.7 Å². The number of rotatable bonds is 6. The first kappa shape index (κ1) is 24.9. The van der Waals surface area contributed by atoms with Gasteiger partial charge in [0.25, 0.3) is 5.91 Å². The number of carbonyl (C=O) groups is 1. The van der Waals surface area contributed by atoms with Gasteiger partial charge in [0.1, 0.15) is 17.5 Å². The molecule has 0 spiro atoms. The molecule has 1 aliphatic heterocycles. The number of anilines is 1. The fourth-order valence-corrected chi connectivity index (χ4v) is 5.05. The summed E-state index contributed by atoms with van der Waals surface area (Å²) in [6.07, 6.45) is 2.86. The molecule has 1 aliphatic rings. The Hall–Kier alpha value is -3.81. The highest BCUT2D eigenvalue weighted by Crippen LogP contribution is 2.32. The summed E-state index contributed by atoms with van der Waals surface area (Å²) < 4.78 is 15.4. The van der Waals surface area contributed by atoms with Crippen LogP contribution in [-0.2, 0) is 0 Å². The van der Waals surface area contributed by atoms with E-state index in [4.69, 9.17) is 15.1 Å². The van der Waals surface area contributed by atoms with Crippen molar-refractivity contribution in [1.29, 1.82) is 0 Å². The van der Waals surface area contributed by atoms with Gasteiger partial charge in [0.05, 0.1) is 16.8 Å². The van der Waals surface area contributed by atoms with E-state index >= 15 is 0 Å². The number of nitrogens with zero attached hydrogens (tertiary/aromatic N) is 6. The second-order valence-electron chi connectivity index (χ2n) is 9.77. The van der Waals surface area contributed by atoms with Crippen LogP contribution in [0.2, 0.25) is 0 Å². The van der Waals surface area contributed by atoms with Crippen LogP contribution in [0.3, 0.4) is 0 Å². The third-order valence-electron chi connectivity index (χ3n) is 7.04. The molecule has 1 amide bonds. The molecule has 0 saturated carbocycles. The molecule has 0 bridgehead atoms. The molecule has 1 saturated heterocycles. The van der Waals surface area contributed by atoms with E-state index in [1.807, 2.05) is 42.2 Å². The molecule has 7 nitrogen and oxygen atoms in total. The van der Waals surface area contributed by atoms with Crippen LogP contribution >= 0.6 is 0 Å². The Bertz CT molecular complexity index is 1390. The number of aryl methyl sites for hydroxylation is 1. The largest absolute Gasteiger partial charge is 0.354 e. The monoisotopic (exact) mass is 500 g/mol. The summed E-state index contributed by atoms with van der Waals surface area (Å²) in [4.78, 5) is 27.4. The predicted octanol–water partition coefficient (Wildman–Crippen LogP) is 5.52. The zero-order valence-electron chi connectivity index (χ0n) is 21.7. The lowest BCUT2D eigenvalue weighted by molar-refractivity contribution is 0.0767. The molecule has 4 aromatic rings. The molecule has 1 atom stereocenters. The predicted molar refractivity (Wildman–Crippen MR) is 144 cm³/mol. The second-order valence-corrected chi connectivity index (χ2v) is 9.77. The number of carbonyl (C=O) groups excluding carboxylic acids is 1. The maximum Gasteiger partial charge on any atom is 0.253 e. The quantitative estimate of drug-likeness (QED) is 0.349. The van der Waals surface area contributed by atoms with E-state index in [2.05, 4.69) is 18.7 Å². The molecule has 37 heavy (non-hydrogen) atoms. The van der Waals surface area contributed by atoms with E-state index in [1.54, 1.807) is 16.8 Å². The van der Waals surface area contributed by atoms with Crippen LogP contribution in [0.4, 0.5) is 10.2 Å². The van der Waals surface area contributed by atoms with Crippen molar-refractivity contribution in [3.63, 3.8) is 0 Å². The summed E-state index contributed by atoms with van der Waals surface area (Å²) in [6, 6.07) is 15.8. The van der Waals surface area contributed by atoms with Crippen LogP contribution in [0, 0.1) is 12.7 Å². The van der Waals surface area contributed by atoms with E-state index in [1.165, 1.54) is 12.1 Å². The Labute approximate surface area is 216 Å². The van der Waals surface area contributed by atoms with E-state index in [9.17, 15) is 9.18 Å². The topological polar surface area (TPSA) is 67.2 Å². The molecule has 1 unspecified atom stereocenters. The fraction of sp³-hybridized carbons (Fsp3) is 0.379. The molecule has 2 aromatic heterocycles. The average Bonchev–Trinajstić information content (AvgIpc) is 3.08. The maximum atomic E-state index is 13.6. The third-order valence-corrected chi connectivity index (χ3v) is 7.04. The van der Waals surface area contributed by atoms with Crippen molar-refractivity contribution < 1.29 is 9.18 Å². The van der Waals surface area contributed by atoms with Crippen molar-refractivity contribution >= 4 is 22.8 Å². The summed E-state index contributed by atoms with van der Waals surface area (Å²) in [5.74, 6) is 1.61. The van der Waals surface area contributed by atoms with Gasteiger partial charge in [0.15, 0.2) is 5.65 Å². The Kier molecular flexibility index (Phi) is 7.17. The standard InChI is InChI=1S/C29H33FN6O/c1-4-9-20(2)26-31-27(25-21(3)33-36(28(25)32-26)24-14-12-23(30)13-15-24)34-16-8-17-35(19-18-34)29(37)22-10-6-5-7-11-22/h5-7,10-15,20H,4,8-9,16-19H2,1-3H3. The Morgan fingerprint density at radius 1 is 1.00 bits per heavy atom. The lowest BCUT2D eigenvalue weighted by Gasteiger charge is -2.24. The molecule has 5 rings (SSSR count). The molecule has 1 fully saturated rings. The van der Waals surface area contributed by atoms with Crippen LogP contribution in [0.5, 0.6) is 0 Å². The lowest BCUT2D eigenvalue weighted by Crippen LogP contribution is -2.35. The van der Waals surface area contributed by atoms with Gasteiger partial charge < -0.3 is 9.80 Å². The number of hydrogen-bond donors (Lipinski definition) is 0. The van der Waals surface area contributed by atoms with Gasteiger partial charge in [-0.1, -0.05) is 38.5 Å². The zero-order valence-corrected chi connectivity index (χ0v) is 21.7. The van der Waals surface area contributed by atoms with Crippen LogP contribution in [0.15, 0.2) is 54.6 Å². The third kappa shape index (κ3) is 5.05. The van der Waals surface area contributed by atoms with Crippen molar-refractivity contribution in [3.8, 4) is 5.69 Å². The van der Waals surface area contributed by atoms with Gasteiger partial charge >= 0.3 is 0 Å². The molecule has 192 valence electrons. The summed E-state index contributed by atoms with van der Waals surface area (Å²) in [5, 5.41) is 5.70. The van der Waals surface area contributed by atoms with Gasteiger partial charge in [-0.25, -0.2) is 19.0 Å². The summed E-state index contributed by atoms with van der Waals surface area (Å²) in [6.45, 7) is 9.06. The van der Waals surface area contributed by atoms with Gasteiger partial charge in [-0.15, -0.1) is 0 Å². The number of halogens is 1. The Morgan fingerprint density at radius 2 is 1.76 bits per heavy atom. The SMILES string of the molecule is CCCC(C)c1nc(N2CCCN(C(=O)c3ccccc3)CC2)c2c(C)nn(-c3ccc(F)cc3)c2n1. The molecular formula is C29H33FN6O. The first-order chi connectivity index (χ1) is 18.0. The van der Waals surface area contributed by atoms with Crippen molar-refractivity contribution in [3.05, 3.63) is 77.5 Å². The van der Waals surface area contributed by atoms with Gasteiger partial charge in [0.2, 0.25) is 0 Å². The summed E-state index contributed by atoms with van der Waals surface area (Å²) in [7, 11) is 0. The highest BCUT2D eigenvalue weighted by molar-refractivity contribution is 5.94. The Balaban J connectivity index is 1.53. The van der Waals surface area contributed by atoms with Gasteiger partial charge in [-0.2, -0.15) is 5.10 Å². The highest BCUT2D eigenvalue weighted by atomic mass is 19.1. The molecule has 0 N–H and O–H groups in total. The number of benzene rings is 2. The summed E-state index contributed by atoms with van der Waals surface area (Å²) >= 11 is 0. The van der Waals surface area contributed by atoms with Crippen molar-refractivity contribution in [2.24, 2.45) is 0 Å². The first-order valence-electron chi connectivity index (χ1n) is 13.1. The number of amides is 1.